The SMILES string of the molecule is O=S(=O)(c1ccc(-c2ccccc2F)cc1)N1CCN=C1N1CCN(C2CCC2)CC1. The summed E-state index contributed by atoms with van der Waals surface area (Å²) in [5.74, 6) is 0.236. The van der Waals surface area contributed by atoms with Crippen molar-refractivity contribution in [1.29, 1.82) is 0 Å². The molecule has 164 valence electrons. The monoisotopic (exact) mass is 442 g/mol. The summed E-state index contributed by atoms with van der Waals surface area (Å²) >= 11 is 0. The van der Waals surface area contributed by atoms with E-state index in [-0.39, 0.29) is 10.7 Å². The first-order valence-electron chi connectivity index (χ1n) is 11.0. The van der Waals surface area contributed by atoms with Gasteiger partial charge < -0.3 is 4.90 Å². The summed E-state index contributed by atoms with van der Waals surface area (Å²) in [6.07, 6.45) is 3.88. The highest BCUT2D eigenvalue weighted by molar-refractivity contribution is 7.89. The maximum Gasteiger partial charge on any atom is 0.266 e. The number of aliphatic imine (C=N–C) groups is 1. The minimum absolute atomic E-state index is 0.204. The van der Waals surface area contributed by atoms with Crippen LogP contribution in [-0.4, -0.2) is 73.8 Å². The Morgan fingerprint density at radius 2 is 1.61 bits per heavy atom. The van der Waals surface area contributed by atoms with Crippen LogP contribution in [0.25, 0.3) is 11.1 Å². The van der Waals surface area contributed by atoms with Gasteiger partial charge in [-0.2, -0.15) is 0 Å². The quantitative estimate of drug-likeness (QED) is 0.731. The summed E-state index contributed by atoms with van der Waals surface area (Å²) in [4.78, 5) is 9.37. The van der Waals surface area contributed by atoms with Gasteiger partial charge in [0.2, 0.25) is 5.96 Å². The van der Waals surface area contributed by atoms with Crippen LogP contribution in [0.2, 0.25) is 0 Å². The van der Waals surface area contributed by atoms with Crippen molar-refractivity contribution in [2.45, 2.75) is 30.2 Å². The standard InChI is InChI=1S/C23H27FN4O2S/c24-22-7-2-1-6-21(22)18-8-10-20(11-9-18)31(29,30)28-13-12-25-23(28)27-16-14-26(15-17-27)19-4-3-5-19/h1-2,6-11,19H,3-5,12-17H2. The second kappa shape index (κ2) is 8.24. The number of sulfonamides is 1. The average molecular weight is 443 g/mol. The van der Waals surface area contributed by atoms with Crippen molar-refractivity contribution in [3.8, 4) is 11.1 Å². The van der Waals surface area contributed by atoms with E-state index in [0.717, 1.165) is 26.2 Å². The second-order valence-corrected chi connectivity index (χ2v) is 10.2. The first-order valence-corrected chi connectivity index (χ1v) is 12.4. The molecule has 0 unspecified atom stereocenters. The molecule has 2 aliphatic heterocycles. The molecule has 0 atom stereocenters. The normalized spacial score (nSPS) is 20.6. The number of hydrogen-bond acceptors (Lipinski definition) is 5. The molecule has 2 fully saturated rings. The van der Waals surface area contributed by atoms with Gasteiger partial charge in [-0.15, -0.1) is 0 Å². The number of hydrogen-bond donors (Lipinski definition) is 0. The van der Waals surface area contributed by atoms with Crippen molar-refractivity contribution in [1.82, 2.24) is 14.1 Å². The molecule has 0 N–H and O–H groups in total. The average Bonchev–Trinajstić information content (AvgIpc) is 3.24. The third-order valence-electron chi connectivity index (χ3n) is 6.59. The van der Waals surface area contributed by atoms with Crippen LogP contribution in [0.1, 0.15) is 19.3 Å². The van der Waals surface area contributed by atoms with Crippen LogP contribution in [0.4, 0.5) is 4.39 Å². The first kappa shape index (κ1) is 20.5. The summed E-state index contributed by atoms with van der Waals surface area (Å²) in [5, 5.41) is 0. The molecule has 0 radical (unpaired) electrons. The van der Waals surface area contributed by atoms with E-state index < -0.39 is 10.0 Å². The highest BCUT2D eigenvalue weighted by Crippen LogP contribution is 2.28. The molecule has 1 aliphatic carbocycles. The summed E-state index contributed by atoms with van der Waals surface area (Å²) in [6.45, 7) is 4.34. The number of rotatable bonds is 4. The smallest absolute Gasteiger partial charge is 0.266 e. The maximum absolute atomic E-state index is 14.1. The van der Waals surface area contributed by atoms with Gasteiger partial charge in [-0.1, -0.05) is 36.8 Å². The summed E-state index contributed by atoms with van der Waals surface area (Å²) in [6, 6.07) is 13.6. The molecule has 1 saturated heterocycles. The largest absolute Gasteiger partial charge is 0.339 e. The van der Waals surface area contributed by atoms with Crippen LogP contribution in [0.3, 0.4) is 0 Å². The van der Waals surface area contributed by atoms with Crippen LogP contribution >= 0.6 is 0 Å². The molecular weight excluding hydrogens is 415 g/mol. The molecule has 0 aromatic heterocycles. The van der Waals surface area contributed by atoms with Gasteiger partial charge in [0.25, 0.3) is 10.0 Å². The van der Waals surface area contributed by atoms with E-state index in [2.05, 4.69) is 14.8 Å². The number of halogens is 1. The van der Waals surface area contributed by atoms with E-state index in [1.54, 1.807) is 42.5 Å². The third kappa shape index (κ3) is 3.83. The van der Waals surface area contributed by atoms with Crippen LogP contribution < -0.4 is 0 Å². The Morgan fingerprint density at radius 3 is 2.26 bits per heavy atom. The van der Waals surface area contributed by atoms with E-state index in [1.807, 2.05) is 0 Å². The Balaban J connectivity index is 1.32. The van der Waals surface area contributed by atoms with E-state index in [4.69, 9.17) is 0 Å². The molecule has 5 rings (SSSR count). The zero-order valence-electron chi connectivity index (χ0n) is 17.5. The van der Waals surface area contributed by atoms with E-state index in [1.165, 1.54) is 29.6 Å². The number of piperazine rings is 1. The fourth-order valence-corrected chi connectivity index (χ4v) is 6.02. The first-order chi connectivity index (χ1) is 15.0. The fraction of sp³-hybridized carbons (Fsp3) is 0.435. The molecule has 31 heavy (non-hydrogen) atoms. The minimum atomic E-state index is -3.72. The Kier molecular flexibility index (Phi) is 5.44. The zero-order valence-corrected chi connectivity index (χ0v) is 18.3. The van der Waals surface area contributed by atoms with E-state index in [9.17, 15) is 12.8 Å². The molecule has 2 heterocycles. The second-order valence-electron chi connectivity index (χ2n) is 8.37. The summed E-state index contributed by atoms with van der Waals surface area (Å²) in [5.41, 5.74) is 1.11. The molecule has 1 saturated carbocycles. The molecule has 6 nitrogen and oxygen atoms in total. The van der Waals surface area contributed by atoms with Crippen LogP contribution in [0.5, 0.6) is 0 Å². The molecule has 8 heteroatoms. The van der Waals surface area contributed by atoms with Gasteiger partial charge in [0.1, 0.15) is 5.82 Å². The fourth-order valence-electron chi connectivity index (χ4n) is 4.57. The van der Waals surface area contributed by atoms with Crippen molar-refractivity contribution in [2.24, 2.45) is 4.99 Å². The highest BCUT2D eigenvalue weighted by atomic mass is 32.2. The third-order valence-corrected chi connectivity index (χ3v) is 8.39. The topological polar surface area (TPSA) is 56.2 Å². The summed E-state index contributed by atoms with van der Waals surface area (Å²) in [7, 11) is -3.72. The lowest BCUT2D eigenvalue weighted by molar-refractivity contribution is 0.0833. The minimum Gasteiger partial charge on any atom is -0.339 e. The predicted octanol–water partition coefficient (Wildman–Crippen LogP) is 3.02. The van der Waals surface area contributed by atoms with Crippen molar-refractivity contribution in [2.75, 3.05) is 39.3 Å². The van der Waals surface area contributed by atoms with Gasteiger partial charge in [-0.3, -0.25) is 9.89 Å². The van der Waals surface area contributed by atoms with Gasteiger partial charge in [-0.25, -0.2) is 17.1 Å². The molecule has 0 spiro atoms. The Morgan fingerprint density at radius 1 is 0.903 bits per heavy atom. The van der Waals surface area contributed by atoms with Crippen LogP contribution in [0.15, 0.2) is 58.4 Å². The predicted molar refractivity (Wildman–Crippen MR) is 119 cm³/mol. The van der Waals surface area contributed by atoms with Gasteiger partial charge in [-0.05, 0) is 36.6 Å². The van der Waals surface area contributed by atoms with Crippen molar-refractivity contribution in [3.05, 3.63) is 54.3 Å². The van der Waals surface area contributed by atoms with Gasteiger partial charge >= 0.3 is 0 Å². The molecule has 2 aromatic rings. The van der Waals surface area contributed by atoms with Crippen molar-refractivity contribution >= 4 is 16.0 Å². The van der Waals surface area contributed by atoms with Crippen LogP contribution in [-0.2, 0) is 10.0 Å². The lowest BCUT2D eigenvalue weighted by Crippen LogP contribution is -2.56. The number of nitrogens with zero attached hydrogens (tertiary/aromatic N) is 4. The van der Waals surface area contributed by atoms with Gasteiger partial charge in [0.05, 0.1) is 18.0 Å². The molecule has 0 bridgehead atoms. The molecule has 0 amide bonds. The highest BCUT2D eigenvalue weighted by Gasteiger charge is 2.36. The Hall–Kier alpha value is -2.45. The number of guanidine groups is 1. The van der Waals surface area contributed by atoms with E-state index in [0.29, 0.717) is 36.2 Å². The van der Waals surface area contributed by atoms with Gasteiger partial charge in [0.15, 0.2) is 0 Å². The molecule has 3 aliphatic rings. The van der Waals surface area contributed by atoms with Crippen molar-refractivity contribution in [3.63, 3.8) is 0 Å². The van der Waals surface area contributed by atoms with Crippen molar-refractivity contribution < 1.29 is 12.8 Å². The van der Waals surface area contributed by atoms with Gasteiger partial charge in [0, 0.05) is 37.8 Å². The Labute approximate surface area is 183 Å². The number of benzene rings is 2. The molecular formula is C23H27FN4O2S. The lowest BCUT2D eigenvalue weighted by Gasteiger charge is -2.44. The van der Waals surface area contributed by atoms with Crippen LogP contribution in [0, 0.1) is 5.82 Å². The molecule has 2 aromatic carbocycles. The zero-order chi connectivity index (χ0) is 21.4. The lowest BCUT2D eigenvalue weighted by atomic mass is 9.91. The maximum atomic E-state index is 14.1. The summed E-state index contributed by atoms with van der Waals surface area (Å²) < 4.78 is 42.2. The Bertz CT molecular complexity index is 1080. The van der Waals surface area contributed by atoms with E-state index >= 15 is 0 Å².